The van der Waals surface area contributed by atoms with Crippen LogP contribution in [0.2, 0.25) is 0 Å². The largest absolute Gasteiger partial charge is 0.445 e. The maximum Gasteiger partial charge on any atom is 0.408 e. The maximum atomic E-state index is 13.5. The van der Waals surface area contributed by atoms with Crippen molar-refractivity contribution in [1.82, 2.24) is 15.7 Å². The van der Waals surface area contributed by atoms with Crippen LogP contribution in [0, 0.1) is 29.6 Å². The number of benzene rings is 2. The Morgan fingerprint density at radius 3 is 2.00 bits per heavy atom. The summed E-state index contributed by atoms with van der Waals surface area (Å²) in [4.78, 5) is 71.0. The molecule has 1 heterocycles. The van der Waals surface area contributed by atoms with Crippen molar-refractivity contribution in [1.29, 1.82) is 0 Å². The number of hydrogen-bond donors (Lipinski definition) is 2. The summed E-state index contributed by atoms with van der Waals surface area (Å²) in [6.07, 6.45) is 4.47. The summed E-state index contributed by atoms with van der Waals surface area (Å²) in [6, 6.07) is 16.3. The van der Waals surface area contributed by atoms with Gasteiger partial charge >= 0.3 is 6.09 Å². The molecule has 2 N–H and O–H groups in total. The zero-order valence-corrected chi connectivity index (χ0v) is 24.3. The van der Waals surface area contributed by atoms with Crippen LogP contribution < -0.4 is 10.6 Å². The zero-order valence-electron chi connectivity index (χ0n) is 24.3. The van der Waals surface area contributed by atoms with Gasteiger partial charge in [-0.15, -0.1) is 0 Å². The monoisotopic (exact) mass is 587 g/mol. The summed E-state index contributed by atoms with van der Waals surface area (Å²) in [6.45, 7) is 3.30. The van der Waals surface area contributed by atoms with Gasteiger partial charge in [0.1, 0.15) is 19.3 Å². The number of ketones is 1. The first-order valence-electron chi connectivity index (χ1n) is 14.7. The van der Waals surface area contributed by atoms with E-state index >= 15 is 0 Å². The molecule has 0 aromatic heterocycles. The Morgan fingerprint density at radius 1 is 0.837 bits per heavy atom. The minimum absolute atomic E-state index is 0.0191. The highest BCUT2D eigenvalue weighted by atomic mass is 16.7. The number of carbonyl (C=O) groups excluding carboxylic acids is 5. The molecule has 4 amide bonds. The average molecular weight is 588 g/mol. The smallest absolute Gasteiger partial charge is 0.408 e. The molecule has 1 saturated heterocycles. The lowest BCUT2D eigenvalue weighted by Gasteiger charge is -2.24. The molecule has 2 bridgehead atoms. The molecule has 43 heavy (non-hydrogen) atoms. The van der Waals surface area contributed by atoms with Crippen molar-refractivity contribution in [3.05, 3.63) is 83.9 Å². The summed E-state index contributed by atoms with van der Waals surface area (Å²) < 4.78 is 5.31. The van der Waals surface area contributed by atoms with E-state index in [1.54, 1.807) is 0 Å². The third-order valence-electron chi connectivity index (χ3n) is 8.28. The number of nitrogens with one attached hydrogen (secondary N) is 2. The third kappa shape index (κ3) is 7.02. The van der Waals surface area contributed by atoms with Crippen molar-refractivity contribution in [2.75, 3.05) is 6.61 Å². The molecule has 0 spiro atoms. The number of imide groups is 1. The van der Waals surface area contributed by atoms with E-state index in [9.17, 15) is 24.0 Å². The second kappa shape index (κ2) is 13.3. The van der Waals surface area contributed by atoms with E-state index in [0.717, 1.165) is 22.6 Å². The first kappa shape index (κ1) is 30.2. The predicted molar refractivity (Wildman–Crippen MR) is 156 cm³/mol. The van der Waals surface area contributed by atoms with Crippen LogP contribution in [0.3, 0.4) is 0 Å². The molecule has 4 unspecified atom stereocenters. The number of alkyl carbamates (subject to hydrolysis) is 1. The summed E-state index contributed by atoms with van der Waals surface area (Å²) >= 11 is 0. The van der Waals surface area contributed by atoms with E-state index in [4.69, 9.17) is 9.57 Å². The molecule has 10 heteroatoms. The summed E-state index contributed by atoms with van der Waals surface area (Å²) in [5.41, 5.74) is 1.60. The van der Waals surface area contributed by atoms with Gasteiger partial charge in [-0.25, -0.2) is 4.79 Å². The quantitative estimate of drug-likeness (QED) is 0.271. The van der Waals surface area contributed by atoms with Gasteiger partial charge in [0.25, 0.3) is 11.8 Å². The summed E-state index contributed by atoms with van der Waals surface area (Å²) in [5, 5.41) is 6.15. The first-order chi connectivity index (χ1) is 20.7. The highest BCUT2D eigenvalue weighted by Crippen LogP contribution is 2.52. The van der Waals surface area contributed by atoms with Gasteiger partial charge in [-0.05, 0) is 48.1 Å². The number of Topliss-reactive ketones (excluding diaryl/α,β-unsaturated/α-hetero) is 1. The lowest BCUT2D eigenvalue weighted by Crippen LogP contribution is -2.53. The molecule has 1 aliphatic heterocycles. The molecule has 226 valence electrons. The lowest BCUT2D eigenvalue weighted by atomic mass is 9.85. The standard InChI is InChI=1S/C33H37N3O7/c1-20(2)15-26(35-33(41)42-18-22-11-7-4-8-12-22)30(38)34-25(16-21-9-5-3-6-10-21)27(37)19-43-36-31(39)28-23-13-14-24(17-23)29(28)32(36)40/h3-14,20,23-26,28-29H,15-19H2,1-2H3,(H,34,38)(H,35,41)/t23?,24?,25-,26-,28?,29?/m0/s1. The highest BCUT2D eigenvalue weighted by molar-refractivity contribution is 6.05. The fraction of sp³-hybridized carbons (Fsp3) is 0.424. The molecule has 2 aliphatic carbocycles. The fourth-order valence-corrected chi connectivity index (χ4v) is 6.21. The number of carbonyl (C=O) groups is 5. The molecule has 6 atom stereocenters. The van der Waals surface area contributed by atoms with Crippen molar-refractivity contribution in [2.45, 2.75) is 51.8 Å². The van der Waals surface area contributed by atoms with Crippen LogP contribution in [0.4, 0.5) is 4.79 Å². The van der Waals surface area contributed by atoms with Crippen LogP contribution in [0.1, 0.15) is 37.8 Å². The minimum Gasteiger partial charge on any atom is -0.445 e. The number of fused-ring (bicyclic) bond motifs is 5. The van der Waals surface area contributed by atoms with Crippen LogP contribution in [0.15, 0.2) is 72.8 Å². The minimum atomic E-state index is -1.03. The number of rotatable bonds is 13. The molecule has 2 aromatic carbocycles. The van der Waals surface area contributed by atoms with E-state index in [-0.39, 0.29) is 30.8 Å². The molecule has 10 nitrogen and oxygen atoms in total. The summed E-state index contributed by atoms with van der Waals surface area (Å²) in [7, 11) is 0. The number of nitrogens with zero attached hydrogens (tertiary/aromatic N) is 1. The Labute approximate surface area is 250 Å². The van der Waals surface area contributed by atoms with Crippen molar-refractivity contribution >= 4 is 29.6 Å². The first-order valence-corrected chi connectivity index (χ1v) is 14.7. The molecule has 2 fully saturated rings. The van der Waals surface area contributed by atoms with Crippen LogP contribution in [0.5, 0.6) is 0 Å². The van der Waals surface area contributed by atoms with Gasteiger partial charge < -0.3 is 15.4 Å². The molecule has 5 rings (SSSR count). The normalized spacial score (nSPS) is 23.3. The molecule has 3 aliphatic rings. The van der Waals surface area contributed by atoms with Crippen molar-refractivity contribution in [3.8, 4) is 0 Å². The van der Waals surface area contributed by atoms with Crippen LogP contribution in [-0.4, -0.2) is 53.4 Å². The van der Waals surface area contributed by atoms with E-state index in [1.807, 2.05) is 86.7 Å². The van der Waals surface area contributed by atoms with Gasteiger partial charge in [0.15, 0.2) is 5.78 Å². The maximum absolute atomic E-state index is 13.5. The van der Waals surface area contributed by atoms with Crippen LogP contribution in [0.25, 0.3) is 0 Å². The number of hydrogen-bond acceptors (Lipinski definition) is 7. The van der Waals surface area contributed by atoms with Crippen molar-refractivity contribution in [2.24, 2.45) is 29.6 Å². The molecule has 2 aromatic rings. The molecular weight excluding hydrogens is 550 g/mol. The van der Waals surface area contributed by atoms with Crippen LogP contribution in [-0.2, 0) is 41.8 Å². The molecule has 1 saturated carbocycles. The van der Waals surface area contributed by atoms with E-state index < -0.39 is 60.1 Å². The Morgan fingerprint density at radius 2 is 1.42 bits per heavy atom. The lowest BCUT2D eigenvalue weighted by molar-refractivity contribution is -0.191. The average Bonchev–Trinajstić information content (AvgIpc) is 3.68. The number of amides is 4. The van der Waals surface area contributed by atoms with Gasteiger partial charge in [0.05, 0.1) is 17.9 Å². The zero-order chi connectivity index (χ0) is 30.5. The predicted octanol–water partition coefficient (Wildman–Crippen LogP) is 3.36. The van der Waals surface area contributed by atoms with E-state index in [2.05, 4.69) is 10.6 Å². The Hall–Kier alpha value is -4.31. The van der Waals surface area contributed by atoms with Gasteiger partial charge in [0, 0.05) is 0 Å². The Bertz CT molecular complexity index is 1350. The number of ether oxygens (including phenoxy) is 1. The number of hydroxylamine groups is 2. The van der Waals surface area contributed by atoms with Crippen molar-refractivity contribution in [3.63, 3.8) is 0 Å². The molecule has 0 radical (unpaired) electrons. The van der Waals surface area contributed by atoms with Crippen molar-refractivity contribution < 1.29 is 33.5 Å². The Kier molecular flexibility index (Phi) is 9.35. The second-order valence-corrected chi connectivity index (χ2v) is 11.8. The van der Waals surface area contributed by atoms with Gasteiger partial charge in [-0.2, -0.15) is 5.06 Å². The second-order valence-electron chi connectivity index (χ2n) is 11.8. The van der Waals surface area contributed by atoms with E-state index in [1.165, 1.54) is 0 Å². The molecular formula is C33H37N3O7. The summed E-state index contributed by atoms with van der Waals surface area (Å²) in [5.74, 6) is -2.69. The highest BCUT2D eigenvalue weighted by Gasteiger charge is 2.60. The van der Waals surface area contributed by atoms with E-state index in [0.29, 0.717) is 6.42 Å². The van der Waals surface area contributed by atoms with Gasteiger partial charge in [0.2, 0.25) is 5.91 Å². The third-order valence-corrected chi connectivity index (χ3v) is 8.28. The van der Waals surface area contributed by atoms with Gasteiger partial charge in [-0.3, -0.25) is 24.0 Å². The van der Waals surface area contributed by atoms with Gasteiger partial charge in [-0.1, -0.05) is 86.7 Å². The number of allylic oxidation sites excluding steroid dienone is 2. The topological polar surface area (TPSA) is 131 Å². The van der Waals surface area contributed by atoms with Crippen LogP contribution >= 0.6 is 0 Å². The SMILES string of the molecule is CC(C)C[C@H](NC(=O)OCc1ccccc1)C(=O)N[C@@H](Cc1ccccc1)C(=O)CON1C(=O)C2C3C=CC(C3)C2C1=O. The Balaban J connectivity index is 1.23. The fourth-order valence-electron chi connectivity index (χ4n) is 6.21.